The lowest BCUT2D eigenvalue weighted by Gasteiger charge is -2.10. The van der Waals surface area contributed by atoms with Crippen molar-refractivity contribution in [1.29, 1.82) is 5.26 Å². The van der Waals surface area contributed by atoms with Gasteiger partial charge in [-0.25, -0.2) is 0 Å². The van der Waals surface area contributed by atoms with Crippen molar-refractivity contribution in [3.63, 3.8) is 0 Å². The number of Topliss-reactive ketones (excluding diaryl/α,β-unsaturated/α-hetero) is 1. The standard InChI is InChI=1S/C16H17NO/c1-10-5-7-11(8-6-10)14(9-17)16(18)15-12-3-2-4-13(12)15/h5-8,12-15H,2-4H2,1H3. The summed E-state index contributed by atoms with van der Waals surface area (Å²) in [5.41, 5.74) is 2.02. The Labute approximate surface area is 108 Å². The molecule has 2 nitrogen and oxygen atoms in total. The molecular formula is C16H17NO. The minimum Gasteiger partial charge on any atom is -0.298 e. The number of aryl methyl sites for hydroxylation is 1. The van der Waals surface area contributed by atoms with Crippen LogP contribution in [-0.4, -0.2) is 5.78 Å². The molecule has 18 heavy (non-hydrogen) atoms. The average molecular weight is 239 g/mol. The zero-order valence-corrected chi connectivity index (χ0v) is 10.6. The number of fused-ring (bicyclic) bond motifs is 1. The molecule has 0 radical (unpaired) electrons. The molecule has 0 aromatic heterocycles. The highest BCUT2D eigenvalue weighted by Crippen LogP contribution is 2.59. The first-order valence-electron chi connectivity index (χ1n) is 6.72. The molecule has 2 fully saturated rings. The maximum Gasteiger partial charge on any atom is 0.158 e. The molecule has 2 saturated carbocycles. The van der Waals surface area contributed by atoms with Gasteiger partial charge in [0.1, 0.15) is 5.92 Å². The Morgan fingerprint density at radius 1 is 1.28 bits per heavy atom. The van der Waals surface area contributed by atoms with Crippen molar-refractivity contribution < 1.29 is 4.79 Å². The minimum absolute atomic E-state index is 0.163. The van der Waals surface area contributed by atoms with E-state index in [1.54, 1.807) is 0 Å². The fraction of sp³-hybridized carbons (Fsp3) is 0.500. The molecule has 3 rings (SSSR count). The van der Waals surface area contributed by atoms with Crippen LogP contribution in [0, 0.1) is 36.0 Å². The summed E-state index contributed by atoms with van der Waals surface area (Å²) >= 11 is 0. The molecule has 0 bridgehead atoms. The Bertz CT molecular complexity index is 501. The maximum absolute atomic E-state index is 12.4. The number of carbonyl (C=O) groups is 1. The summed E-state index contributed by atoms with van der Waals surface area (Å²) in [6.07, 6.45) is 3.64. The summed E-state index contributed by atoms with van der Waals surface area (Å²) in [7, 11) is 0. The quantitative estimate of drug-likeness (QED) is 0.812. The second kappa shape index (κ2) is 4.24. The maximum atomic E-state index is 12.4. The van der Waals surface area contributed by atoms with Crippen LogP contribution in [-0.2, 0) is 4.79 Å². The highest BCUT2D eigenvalue weighted by molar-refractivity contribution is 5.93. The van der Waals surface area contributed by atoms with Crippen molar-refractivity contribution >= 4 is 5.78 Å². The molecule has 3 unspecified atom stereocenters. The van der Waals surface area contributed by atoms with Gasteiger partial charge in [-0.2, -0.15) is 5.26 Å². The molecule has 0 heterocycles. The Morgan fingerprint density at radius 2 is 1.89 bits per heavy atom. The molecular weight excluding hydrogens is 222 g/mol. The Hall–Kier alpha value is -1.62. The van der Waals surface area contributed by atoms with E-state index in [0.717, 1.165) is 11.1 Å². The molecule has 0 spiro atoms. The van der Waals surface area contributed by atoms with Gasteiger partial charge in [-0.3, -0.25) is 4.79 Å². The average Bonchev–Trinajstić information content (AvgIpc) is 2.86. The van der Waals surface area contributed by atoms with Gasteiger partial charge in [-0.15, -0.1) is 0 Å². The number of nitriles is 1. The molecule has 0 saturated heterocycles. The van der Waals surface area contributed by atoms with Gasteiger partial charge in [0.15, 0.2) is 5.78 Å². The van der Waals surface area contributed by atoms with Crippen molar-refractivity contribution in [3.05, 3.63) is 35.4 Å². The van der Waals surface area contributed by atoms with Crippen LogP contribution in [0.25, 0.3) is 0 Å². The van der Waals surface area contributed by atoms with E-state index in [9.17, 15) is 10.1 Å². The van der Waals surface area contributed by atoms with Crippen LogP contribution >= 0.6 is 0 Å². The number of rotatable bonds is 3. The number of nitrogens with zero attached hydrogens (tertiary/aromatic N) is 1. The molecule has 2 aliphatic carbocycles. The van der Waals surface area contributed by atoms with Crippen LogP contribution < -0.4 is 0 Å². The Kier molecular flexibility index (Phi) is 2.70. The Balaban J connectivity index is 1.79. The van der Waals surface area contributed by atoms with Crippen molar-refractivity contribution in [2.45, 2.75) is 32.1 Å². The van der Waals surface area contributed by atoms with Crippen molar-refractivity contribution in [2.24, 2.45) is 17.8 Å². The summed E-state index contributed by atoms with van der Waals surface area (Å²) in [5, 5.41) is 9.29. The number of hydrogen-bond acceptors (Lipinski definition) is 2. The summed E-state index contributed by atoms with van der Waals surface area (Å²) in [5.74, 6) is 0.986. The van der Waals surface area contributed by atoms with Gasteiger partial charge in [-0.05, 0) is 37.2 Å². The smallest absolute Gasteiger partial charge is 0.158 e. The van der Waals surface area contributed by atoms with Crippen LogP contribution in [0.1, 0.15) is 36.3 Å². The fourth-order valence-electron chi connectivity index (χ4n) is 3.50. The summed E-state index contributed by atoms with van der Waals surface area (Å²) < 4.78 is 0. The molecule has 0 N–H and O–H groups in total. The minimum atomic E-state index is -0.554. The number of ketones is 1. The van der Waals surface area contributed by atoms with Crippen LogP contribution in [0.3, 0.4) is 0 Å². The Morgan fingerprint density at radius 3 is 2.44 bits per heavy atom. The van der Waals surface area contributed by atoms with E-state index in [1.165, 1.54) is 19.3 Å². The second-order valence-corrected chi connectivity index (χ2v) is 5.66. The van der Waals surface area contributed by atoms with E-state index in [0.29, 0.717) is 11.8 Å². The van der Waals surface area contributed by atoms with Crippen LogP contribution in [0.4, 0.5) is 0 Å². The van der Waals surface area contributed by atoms with Crippen molar-refractivity contribution in [3.8, 4) is 6.07 Å². The predicted octanol–water partition coefficient (Wildman–Crippen LogP) is 3.22. The van der Waals surface area contributed by atoms with Gasteiger partial charge >= 0.3 is 0 Å². The summed E-state index contributed by atoms with van der Waals surface area (Å²) in [4.78, 5) is 12.4. The van der Waals surface area contributed by atoms with Gasteiger partial charge in [0, 0.05) is 5.92 Å². The van der Waals surface area contributed by atoms with E-state index in [1.807, 2.05) is 31.2 Å². The molecule has 0 aliphatic heterocycles. The van der Waals surface area contributed by atoms with E-state index >= 15 is 0 Å². The van der Waals surface area contributed by atoms with E-state index in [2.05, 4.69) is 6.07 Å². The molecule has 1 aromatic rings. The van der Waals surface area contributed by atoms with Gasteiger partial charge in [0.2, 0.25) is 0 Å². The number of carbonyl (C=O) groups excluding carboxylic acids is 1. The summed E-state index contributed by atoms with van der Waals surface area (Å²) in [6, 6.07) is 9.98. The van der Waals surface area contributed by atoms with Crippen LogP contribution in [0.2, 0.25) is 0 Å². The van der Waals surface area contributed by atoms with E-state index in [4.69, 9.17) is 0 Å². The molecule has 0 amide bonds. The molecule has 92 valence electrons. The SMILES string of the molecule is Cc1ccc(C(C#N)C(=O)C2C3CCCC32)cc1. The molecule has 2 aliphatic rings. The van der Waals surface area contributed by atoms with Crippen LogP contribution in [0.15, 0.2) is 24.3 Å². The van der Waals surface area contributed by atoms with Crippen molar-refractivity contribution in [1.82, 2.24) is 0 Å². The third kappa shape index (κ3) is 1.75. The highest BCUT2D eigenvalue weighted by Gasteiger charge is 2.57. The lowest BCUT2D eigenvalue weighted by Crippen LogP contribution is -2.15. The third-order valence-corrected chi connectivity index (χ3v) is 4.56. The van der Waals surface area contributed by atoms with Crippen molar-refractivity contribution in [2.75, 3.05) is 0 Å². The normalized spacial score (nSPS) is 30.3. The first kappa shape index (κ1) is 11.5. The van der Waals surface area contributed by atoms with E-state index < -0.39 is 5.92 Å². The predicted molar refractivity (Wildman–Crippen MR) is 68.9 cm³/mol. The first-order chi connectivity index (χ1) is 8.72. The van der Waals surface area contributed by atoms with Crippen LogP contribution in [0.5, 0.6) is 0 Å². The van der Waals surface area contributed by atoms with E-state index in [-0.39, 0.29) is 11.7 Å². The number of benzene rings is 1. The highest BCUT2D eigenvalue weighted by atomic mass is 16.1. The fourth-order valence-corrected chi connectivity index (χ4v) is 3.50. The lowest BCUT2D eigenvalue weighted by molar-refractivity contribution is -0.121. The molecule has 3 atom stereocenters. The number of hydrogen-bond donors (Lipinski definition) is 0. The van der Waals surface area contributed by atoms with Gasteiger partial charge in [0.05, 0.1) is 6.07 Å². The lowest BCUT2D eigenvalue weighted by atomic mass is 9.90. The van der Waals surface area contributed by atoms with Gasteiger partial charge in [-0.1, -0.05) is 36.2 Å². The second-order valence-electron chi connectivity index (χ2n) is 5.66. The largest absolute Gasteiger partial charge is 0.298 e. The molecule has 1 aromatic carbocycles. The third-order valence-electron chi connectivity index (χ3n) is 4.56. The zero-order valence-electron chi connectivity index (χ0n) is 10.6. The van der Waals surface area contributed by atoms with Gasteiger partial charge < -0.3 is 0 Å². The summed E-state index contributed by atoms with van der Waals surface area (Å²) in [6.45, 7) is 2.01. The zero-order chi connectivity index (χ0) is 12.7. The topological polar surface area (TPSA) is 40.9 Å². The molecule has 2 heteroatoms. The van der Waals surface area contributed by atoms with Gasteiger partial charge in [0.25, 0.3) is 0 Å². The monoisotopic (exact) mass is 239 g/mol. The first-order valence-corrected chi connectivity index (χ1v) is 6.72.